The van der Waals surface area contributed by atoms with Crippen LogP contribution in [0.15, 0.2) is 24.3 Å². The van der Waals surface area contributed by atoms with Crippen molar-refractivity contribution in [3.8, 4) is 5.75 Å². The van der Waals surface area contributed by atoms with Gasteiger partial charge in [-0.1, -0.05) is 39.8 Å². The fraction of sp³-hybridized carbons (Fsp3) is 0.727. The van der Waals surface area contributed by atoms with Crippen LogP contribution in [0.25, 0.3) is 0 Å². The van der Waals surface area contributed by atoms with E-state index < -0.39 is 41.9 Å². The minimum Gasteiger partial charge on any atom is -0.508 e. The van der Waals surface area contributed by atoms with Crippen LogP contribution in [0, 0.1) is 29.6 Å². The van der Waals surface area contributed by atoms with Crippen LogP contribution in [0.4, 0.5) is 0 Å². The summed E-state index contributed by atoms with van der Waals surface area (Å²) in [5, 5.41) is 15.1. The zero-order valence-corrected chi connectivity index (χ0v) is 26.5. The molecule has 4 saturated heterocycles. The number of hydrogen-bond acceptors (Lipinski definition) is 9. The van der Waals surface area contributed by atoms with Crippen molar-refractivity contribution in [2.24, 2.45) is 29.6 Å². The highest BCUT2D eigenvalue weighted by Crippen LogP contribution is 2.60. The predicted molar refractivity (Wildman–Crippen MR) is 158 cm³/mol. The number of carbonyl (C=O) groups excluding carboxylic acids is 3. The molecule has 1 aliphatic carbocycles. The molecule has 4 heterocycles. The van der Waals surface area contributed by atoms with Gasteiger partial charge in [0.1, 0.15) is 11.8 Å². The number of carbonyl (C=O) groups is 3. The van der Waals surface area contributed by atoms with Crippen LogP contribution < -0.4 is 10.6 Å². The molecule has 44 heavy (non-hydrogen) atoms. The number of ether oxygens (including phenoxy) is 3. The van der Waals surface area contributed by atoms with Crippen LogP contribution in [0.1, 0.15) is 85.1 Å². The highest BCUT2D eigenvalue weighted by molar-refractivity contribution is 5.88. The number of rotatable bonds is 11. The molecule has 4 aliphatic heterocycles. The number of fused-ring (bicyclic) bond motifs is 2. The molecule has 1 aromatic rings. The van der Waals surface area contributed by atoms with E-state index in [4.69, 9.17) is 24.0 Å². The van der Waals surface area contributed by atoms with Gasteiger partial charge in [-0.15, -0.1) is 0 Å². The third-order valence-electron chi connectivity index (χ3n) is 9.91. The molecule has 5 aliphatic rings. The van der Waals surface area contributed by atoms with Gasteiger partial charge in [0, 0.05) is 31.2 Å². The SMILES string of the molecule is CC(C)C[C@H](NC(=O)CCC(=O)O[C@@H]1O[C@H]2O[C@]3(C)CC[C@H]4[C@H](C)CC[C@H]([C@@H]1C)[C@@]24OO3)C(=O)NCCc1ccc(O)cc1. The number of amides is 2. The second-order valence-electron chi connectivity index (χ2n) is 13.7. The van der Waals surface area contributed by atoms with Crippen molar-refractivity contribution in [3.63, 3.8) is 0 Å². The van der Waals surface area contributed by atoms with Crippen LogP contribution in [0.5, 0.6) is 5.75 Å². The van der Waals surface area contributed by atoms with Crippen LogP contribution in [0.3, 0.4) is 0 Å². The lowest BCUT2D eigenvalue weighted by Crippen LogP contribution is -2.70. The third-order valence-corrected chi connectivity index (χ3v) is 9.91. The summed E-state index contributed by atoms with van der Waals surface area (Å²) in [4.78, 5) is 50.7. The first-order valence-corrected chi connectivity index (χ1v) is 16.1. The first-order chi connectivity index (χ1) is 20.9. The summed E-state index contributed by atoms with van der Waals surface area (Å²) in [6.45, 7) is 10.4. The van der Waals surface area contributed by atoms with Crippen molar-refractivity contribution in [2.75, 3.05) is 6.54 Å². The molecular formula is C33H48N2O9. The Bertz CT molecular complexity index is 1190. The van der Waals surface area contributed by atoms with E-state index in [2.05, 4.69) is 17.6 Å². The van der Waals surface area contributed by atoms with E-state index in [0.717, 1.165) is 24.8 Å². The molecule has 0 unspecified atom stereocenters. The van der Waals surface area contributed by atoms with Gasteiger partial charge in [0.15, 0.2) is 11.9 Å². The van der Waals surface area contributed by atoms with Gasteiger partial charge in [0.05, 0.1) is 6.42 Å². The molecule has 0 radical (unpaired) electrons. The van der Waals surface area contributed by atoms with Gasteiger partial charge in [-0.3, -0.25) is 14.4 Å². The standard InChI is InChI=1S/C33H48N2O9/c1-19(2)18-26(29(39)34-17-15-22-7-9-23(36)10-8-22)35-27(37)12-13-28(38)40-30-21(4)25-11-6-20(3)24-14-16-32(5)42-31(41-30)33(24,25)44-43-32/h7-10,19-21,24-26,30-31,36H,6,11-18H2,1-5H3,(H,34,39)(H,35,37)/t20-,21+,24+,25-,26+,30-,31+,32+,33-/m1/s1. The largest absolute Gasteiger partial charge is 0.508 e. The summed E-state index contributed by atoms with van der Waals surface area (Å²) in [7, 11) is 0. The lowest BCUT2D eigenvalue weighted by atomic mass is 9.58. The van der Waals surface area contributed by atoms with Crippen molar-refractivity contribution in [1.29, 1.82) is 0 Å². The maximum atomic E-state index is 13.0. The number of phenolic OH excluding ortho intramolecular Hbond substituents is 1. The summed E-state index contributed by atoms with van der Waals surface area (Å²) in [6, 6.07) is 6.09. The zero-order valence-electron chi connectivity index (χ0n) is 26.5. The minimum atomic E-state index is -0.922. The molecule has 2 bridgehead atoms. The molecule has 11 nitrogen and oxygen atoms in total. The van der Waals surface area contributed by atoms with Crippen molar-refractivity contribution >= 4 is 17.8 Å². The lowest BCUT2D eigenvalue weighted by molar-refractivity contribution is -0.576. The van der Waals surface area contributed by atoms with Gasteiger partial charge in [-0.05, 0) is 74.5 Å². The predicted octanol–water partition coefficient (Wildman–Crippen LogP) is 4.11. The fourth-order valence-corrected chi connectivity index (χ4v) is 7.50. The average molecular weight is 617 g/mol. The van der Waals surface area contributed by atoms with E-state index in [1.807, 2.05) is 27.7 Å². The Kier molecular flexibility index (Phi) is 9.89. The second-order valence-corrected chi connectivity index (χ2v) is 13.7. The van der Waals surface area contributed by atoms with E-state index in [9.17, 15) is 19.5 Å². The van der Waals surface area contributed by atoms with Crippen molar-refractivity contribution in [3.05, 3.63) is 29.8 Å². The van der Waals surface area contributed by atoms with Gasteiger partial charge < -0.3 is 30.0 Å². The van der Waals surface area contributed by atoms with Gasteiger partial charge in [0.25, 0.3) is 0 Å². The third kappa shape index (κ3) is 6.90. The Morgan fingerprint density at radius 2 is 1.80 bits per heavy atom. The minimum absolute atomic E-state index is 0.0237. The number of aromatic hydroxyl groups is 1. The Hall–Kier alpha value is -2.73. The molecule has 1 aromatic carbocycles. The number of hydrogen-bond donors (Lipinski definition) is 3. The highest BCUT2D eigenvalue weighted by atomic mass is 17.3. The van der Waals surface area contributed by atoms with E-state index in [1.165, 1.54) is 0 Å². The van der Waals surface area contributed by atoms with Gasteiger partial charge >= 0.3 is 5.97 Å². The monoisotopic (exact) mass is 616 g/mol. The van der Waals surface area contributed by atoms with Crippen LogP contribution in [-0.2, 0) is 44.8 Å². The van der Waals surface area contributed by atoms with E-state index in [-0.39, 0.29) is 48.2 Å². The molecule has 9 atom stereocenters. The molecule has 2 amide bonds. The maximum absolute atomic E-state index is 13.0. The summed E-state index contributed by atoms with van der Waals surface area (Å²) < 4.78 is 18.4. The van der Waals surface area contributed by atoms with Crippen molar-refractivity contribution in [1.82, 2.24) is 10.6 Å². The Morgan fingerprint density at radius 1 is 1.05 bits per heavy atom. The summed E-state index contributed by atoms with van der Waals surface area (Å²) in [5.41, 5.74) is 0.231. The molecular weight excluding hydrogens is 568 g/mol. The van der Waals surface area contributed by atoms with Gasteiger partial charge in [-0.2, -0.15) is 0 Å². The van der Waals surface area contributed by atoms with Crippen molar-refractivity contribution in [2.45, 2.75) is 116 Å². The zero-order chi connectivity index (χ0) is 31.6. The smallest absolute Gasteiger partial charge is 0.308 e. The quantitative estimate of drug-likeness (QED) is 0.247. The fourth-order valence-electron chi connectivity index (χ4n) is 7.50. The number of phenols is 1. The second kappa shape index (κ2) is 13.3. The first-order valence-electron chi connectivity index (χ1n) is 16.1. The summed E-state index contributed by atoms with van der Waals surface area (Å²) >= 11 is 0. The van der Waals surface area contributed by atoms with E-state index in [1.54, 1.807) is 24.3 Å². The van der Waals surface area contributed by atoms with E-state index in [0.29, 0.717) is 31.7 Å². The topological polar surface area (TPSA) is 142 Å². The first kappa shape index (κ1) is 32.7. The van der Waals surface area contributed by atoms with Gasteiger partial charge in [-0.25, -0.2) is 9.78 Å². The number of esters is 1. The van der Waals surface area contributed by atoms with Crippen molar-refractivity contribution < 1.29 is 43.5 Å². The van der Waals surface area contributed by atoms with Crippen LogP contribution in [-0.4, -0.2) is 59.4 Å². The molecule has 0 aromatic heterocycles. The molecule has 244 valence electrons. The normalized spacial score (nSPS) is 34.9. The lowest BCUT2D eigenvalue weighted by Gasteiger charge is -2.59. The number of nitrogens with one attached hydrogen (secondary N) is 2. The van der Waals surface area contributed by atoms with Crippen LogP contribution >= 0.6 is 0 Å². The molecule has 3 N–H and O–H groups in total. The molecule has 5 fully saturated rings. The number of benzene rings is 1. The Morgan fingerprint density at radius 3 is 2.52 bits per heavy atom. The maximum Gasteiger partial charge on any atom is 0.308 e. The summed E-state index contributed by atoms with van der Waals surface area (Å²) in [6.07, 6.45) is 2.77. The Balaban J connectivity index is 1.13. The highest BCUT2D eigenvalue weighted by Gasteiger charge is 2.69. The molecule has 1 spiro atoms. The molecule has 11 heteroatoms. The van der Waals surface area contributed by atoms with E-state index >= 15 is 0 Å². The Labute approximate surface area is 259 Å². The average Bonchev–Trinajstić information content (AvgIpc) is 3.20. The molecule has 1 saturated carbocycles. The summed E-state index contributed by atoms with van der Waals surface area (Å²) in [5.74, 6) is -1.28. The van der Waals surface area contributed by atoms with Gasteiger partial charge in [0.2, 0.25) is 23.9 Å². The molecule has 6 rings (SSSR count). The van der Waals surface area contributed by atoms with Crippen LogP contribution in [0.2, 0.25) is 0 Å².